The smallest absolute Gasteiger partial charge is 0.133 e. The molecular formula is C16H20BrFN2S. The first kappa shape index (κ1) is 16.6. The zero-order chi connectivity index (χ0) is 15.4. The van der Waals surface area contributed by atoms with Gasteiger partial charge in [-0.2, -0.15) is 0 Å². The van der Waals surface area contributed by atoms with Crippen molar-refractivity contribution in [1.29, 1.82) is 0 Å². The Bertz CT molecular complexity index is 610. The van der Waals surface area contributed by atoms with Crippen LogP contribution in [0, 0.1) is 11.7 Å². The van der Waals surface area contributed by atoms with Crippen molar-refractivity contribution in [2.45, 2.75) is 33.7 Å². The maximum Gasteiger partial charge on any atom is 0.133 e. The normalized spacial score (nSPS) is 11.3. The molecule has 1 heterocycles. The Hall–Kier alpha value is -0.780. The molecule has 0 aliphatic rings. The second-order valence-electron chi connectivity index (χ2n) is 5.39. The fourth-order valence-electron chi connectivity index (χ4n) is 2.05. The topological polar surface area (TPSA) is 24.9 Å². The molecule has 114 valence electrons. The molecule has 1 aromatic heterocycles. The summed E-state index contributed by atoms with van der Waals surface area (Å²) in [5, 5.41) is 4.19. The second-order valence-corrected chi connectivity index (χ2v) is 7.39. The zero-order valence-corrected chi connectivity index (χ0v) is 14.9. The summed E-state index contributed by atoms with van der Waals surface area (Å²) in [5.74, 6) is 0.390. The van der Waals surface area contributed by atoms with Gasteiger partial charge in [-0.1, -0.05) is 36.7 Å². The van der Waals surface area contributed by atoms with Gasteiger partial charge in [0.15, 0.2) is 0 Å². The van der Waals surface area contributed by atoms with Gasteiger partial charge in [-0.05, 0) is 37.1 Å². The molecule has 0 fully saturated rings. The average Bonchev–Trinajstić information content (AvgIpc) is 2.84. The van der Waals surface area contributed by atoms with Crippen LogP contribution in [-0.2, 0) is 13.0 Å². The lowest BCUT2D eigenvalue weighted by atomic mass is 10.2. The van der Waals surface area contributed by atoms with E-state index in [0.717, 1.165) is 34.7 Å². The number of nitrogens with zero attached hydrogens (tertiary/aromatic N) is 1. The van der Waals surface area contributed by atoms with Crippen molar-refractivity contribution >= 4 is 27.3 Å². The summed E-state index contributed by atoms with van der Waals surface area (Å²) in [7, 11) is 0. The van der Waals surface area contributed by atoms with Crippen LogP contribution in [-0.4, -0.2) is 11.5 Å². The monoisotopic (exact) mass is 370 g/mol. The third kappa shape index (κ3) is 4.34. The first-order chi connectivity index (χ1) is 10.0. The van der Waals surface area contributed by atoms with Crippen LogP contribution in [0.4, 0.5) is 4.39 Å². The quantitative estimate of drug-likeness (QED) is 0.771. The minimum absolute atomic E-state index is 0.226. The predicted octanol–water partition coefficient (Wildman–Crippen LogP) is 5.02. The molecular weight excluding hydrogens is 351 g/mol. The van der Waals surface area contributed by atoms with Crippen LogP contribution in [0.3, 0.4) is 0 Å². The van der Waals surface area contributed by atoms with E-state index in [0.29, 0.717) is 11.5 Å². The highest BCUT2D eigenvalue weighted by atomic mass is 79.9. The van der Waals surface area contributed by atoms with Crippen molar-refractivity contribution in [1.82, 2.24) is 10.3 Å². The van der Waals surface area contributed by atoms with Crippen LogP contribution in [0.5, 0.6) is 0 Å². The lowest BCUT2D eigenvalue weighted by Gasteiger charge is -2.06. The second kappa shape index (κ2) is 7.47. The van der Waals surface area contributed by atoms with Gasteiger partial charge in [-0.15, -0.1) is 11.3 Å². The number of thiazole rings is 1. The molecule has 0 spiro atoms. The predicted molar refractivity (Wildman–Crippen MR) is 91.1 cm³/mol. The van der Waals surface area contributed by atoms with Gasteiger partial charge in [0.05, 0.1) is 5.69 Å². The fraction of sp³-hybridized carbons (Fsp3) is 0.438. The van der Waals surface area contributed by atoms with Crippen molar-refractivity contribution in [2.75, 3.05) is 6.54 Å². The summed E-state index contributed by atoms with van der Waals surface area (Å²) >= 11 is 4.97. The maximum absolute atomic E-state index is 14.0. The van der Waals surface area contributed by atoms with Gasteiger partial charge < -0.3 is 5.32 Å². The van der Waals surface area contributed by atoms with Gasteiger partial charge in [0.1, 0.15) is 10.8 Å². The molecule has 2 aromatic rings. The Labute approximate surface area is 137 Å². The number of rotatable bonds is 6. The van der Waals surface area contributed by atoms with E-state index in [1.54, 1.807) is 23.5 Å². The van der Waals surface area contributed by atoms with Crippen molar-refractivity contribution in [2.24, 2.45) is 5.92 Å². The van der Waals surface area contributed by atoms with Crippen LogP contribution < -0.4 is 5.32 Å². The minimum atomic E-state index is -0.226. The number of hydrogen-bond donors (Lipinski definition) is 1. The highest BCUT2D eigenvalue weighted by molar-refractivity contribution is 9.10. The highest BCUT2D eigenvalue weighted by Gasteiger charge is 2.14. The van der Waals surface area contributed by atoms with Gasteiger partial charge in [0.2, 0.25) is 0 Å². The molecule has 1 N–H and O–H groups in total. The number of aryl methyl sites for hydroxylation is 1. The fourth-order valence-corrected chi connectivity index (χ4v) is 3.55. The van der Waals surface area contributed by atoms with Gasteiger partial charge in [0, 0.05) is 21.5 Å². The third-order valence-electron chi connectivity index (χ3n) is 3.11. The molecule has 0 aliphatic carbocycles. The zero-order valence-electron chi connectivity index (χ0n) is 12.5. The number of benzene rings is 1. The number of aromatic nitrogens is 1. The van der Waals surface area contributed by atoms with Crippen LogP contribution in [0.1, 0.15) is 31.3 Å². The summed E-state index contributed by atoms with van der Waals surface area (Å²) < 4.78 is 14.9. The standard InChI is InChI=1S/C16H20BrFN2S/c1-4-14-15(9-19-8-10(2)3)21-16(20-14)12-7-11(17)5-6-13(12)18/h5-7,10,19H,4,8-9H2,1-3H3. The van der Waals surface area contributed by atoms with Crippen molar-refractivity contribution in [3.05, 3.63) is 39.1 Å². The Morgan fingerprint density at radius 3 is 2.81 bits per heavy atom. The largest absolute Gasteiger partial charge is 0.312 e. The molecule has 21 heavy (non-hydrogen) atoms. The molecule has 1 aromatic carbocycles. The SMILES string of the molecule is CCc1nc(-c2cc(Br)ccc2F)sc1CNCC(C)C. The molecule has 0 aliphatic heterocycles. The van der Waals surface area contributed by atoms with E-state index >= 15 is 0 Å². The molecule has 0 amide bonds. The molecule has 0 saturated heterocycles. The maximum atomic E-state index is 14.0. The third-order valence-corrected chi connectivity index (χ3v) is 4.73. The first-order valence-corrected chi connectivity index (χ1v) is 8.77. The Morgan fingerprint density at radius 2 is 2.14 bits per heavy atom. The van der Waals surface area contributed by atoms with Crippen molar-refractivity contribution in [3.8, 4) is 10.6 Å². The van der Waals surface area contributed by atoms with Gasteiger partial charge >= 0.3 is 0 Å². The summed E-state index contributed by atoms with van der Waals surface area (Å²) in [6.07, 6.45) is 0.866. The Kier molecular flexibility index (Phi) is 5.90. The van der Waals surface area contributed by atoms with Gasteiger partial charge in [0.25, 0.3) is 0 Å². The average molecular weight is 371 g/mol. The van der Waals surface area contributed by atoms with Crippen molar-refractivity contribution in [3.63, 3.8) is 0 Å². The molecule has 0 radical (unpaired) electrons. The lowest BCUT2D eigenvalue weighted by molar-refractivity contribution is 0.553. The molecule has 0 unspecified atom stereocenters. The molecule has 5 heteroatoms. The van der Waals surface area contributed by atoms with Crippen LogP contribution in [0.2, 0.25) is 0 Å². The van der Waals surface area contributed by atoms with E-state index in [2.05, 4.69) is 47.0 Å². The Morgan fingerprint density at radius 1 is 1.38 bits per heavy atom. The van der Waals surface area contributed by atoms with Gasteiger partial charge in [-0.25, -0.2) is 9.37 Å². The number of nitrogens with one attached hydrogen (secondary N) is 1. The molecule has 0 atom stereocenters. The van der Waals surface area contributed by atoms with E-state index in [9.17, 15) is 4.39 Å². The van der Waals surface area contributed by atoms with E-state index in [1.807, 2.05) is 0 Å². The lowest BCUT2D eigenvalue weighted by Crippen LogP contribution is -2.18. The summed E-state index contributed by atoms with van der Waals surface area (Å²) in [5.41, 5.74) is 1.63. The van der Waals surface area contributed by atoms with Crippen molar-refractivity contribution < 1.29 is 4.39 Å². The molecule has 2 rings (SSSR count). The Balaban J connectivity index is 2.25. The first-order valence-electron chi connectivity index (χ1n) is 7.16. The summed E-state index contributed by atoms with van der Waals surface area (Å²) in [4.78, 5) is 5.82. The summed E-state index contributed by atoms with van der Waals surface area (Å²) in [6.45, 7) is 8.23. The van der Waals surface area contributed by atoms with E-state index in [4.69, 9.17) is 0 Å². The number of halogens is 2. The van der Waals surface area contributed by atoms with E-state index < -0.39 is 0 Å². The van der Waals surface area contributed by atoms with Crippen LogP contribution in [0.15, 0.2) is 22.7 Å². The van der Waals surface area contributed by atoms with Crippen LogP contribution in [0.25, 0.3) is 10.6 Å². The number of hydrogen-bond acceptors (Lipinski definition) is 3. The molecule has 0 saturated carbocycles. The van der Waals surface area contributed by atoms with E-state index in [1.165, 1.54) is 10.9 Å². The van der Waals surface area contributed by atoms with Crippen LogP contribution >= 0.6 is 27.3 Å². The van der Waals surface area contributed by atoms with E-state index in [-0.39, 0.29) is 5.82 Å². The molecule has 0 bridgehead atoms. The summed E-state index contributed by atoms with van der Waals surface area (Å²) in [6, 6.07) is 4.97. The van der Waals surface area contributed by atoms with Gasteiger partial charge in [-0.3, -0.25) is 0 Å². The highest BCUT2D eigenvalue weighted by Crippen LogP contribution is 2.32. The molecule has 2 nitrogen and oxygen atoms in total. The minimum Gasteiger partial charge on any atom is -0.312 e.